The Morgan fingerprint density at radius 1 is 1.03 bits per heavy atom. The Balaban J connectivity index is 1.29. The highest BCUT2D eigenvalue weighted by Gasteiger charge is 2.12. The summed E-state index contributed by atoms with van der Waals surface area (Å²) in [6.07, 6.45) is 1.63. The van der Waals surface area contributed by atoms with Crippen molar-refractivity contribution in [2.45, 2.75) is 13.0 Å². The first kappa shape index (κ1) is 23.1. The van der Waals surface area contributed by atoms with E-state index in [1.165, 1.54) is 17.6 Å². The van der Waals surface area contributed by atoms with E-state index in [2.05, 4.69) is 15.6 Å². The van der Waals surface area contributed by atoms with Crippen molar-refractivity contribution in [2.75, 3.05) is 19.5 Å². The number of carbonyl (C=O) groups is 2. The van der Waals surface area contributed by atoms with Gasteiger partial charge < -0.3 is 24.5 Å². The monoisotopic (exact) mass is 477 g/mol. The number of carbonyl (C=O) groups excluding carboxylic acids is 2. The number of aromatic nitrogens is 1. The summed E-state index contributed by atoms with van der Waals surface area (Å²) < 4.78 is 15.7. The van der Waals surface area contributed by atoms with Gasteiger partial charge in [0.05, 0.1) is 32.6 Å². The highest BCUT2D eigenvalue weighted by Crippen LogP contribution is 2.33. The molecule has 4 rings (SSSR count). The van der Waals surface area contributed by atoms with Crippen LogP contribution in [0.1, 0.15) is 21.8 Å². The molecular formula is C25H23N3O5S. The molecule has 0 unspecified atom stereocenters. The molecule has 0 aliphatic rings. The van der Waals surface area contributed by atoms with E-state index in [1.54, 1.807) is 38.5 Å². The molecule has 0 saturated heterocycles. The largest absolute Gasteiger partial charge is 0.493 e. The van der Waals surface area contributed by atoms with Gasteiger partial charge in [-0.3, -0.25) is 9.59 Å². The summed E-state index contributed by atoms with van der Waals surface area (Å²) in [5, 5.41) is 8.33. The van der Waals surface area contributed by atoms with E-state index in [0.717, 1.165) is 16.1 Å². The second-order valence-electron chi connectivity index (χ2n) is 7.30. The number of furan rings is 1. The minimum Gasteiger partial charge on any atom is -0.493 e. The third-order valence-corrected chi connectivity index (χ3v) is 5.91. The Morgan fingerprint density at radius 2 is 1.82 bits per heavy atom. The van der Waals surface area contributed by atoms with Gasteiger partial charge in [-0.25, -0.2) is 4.98 Å². The summed E-state index contributed by atoms with van der Waals surface area (Å²) in [4.78, 5) is 29.0. The van der Waals surface area contributed by atoms with Crippen molar-refractivity contribution in [2.24, 2.45) is 0 Å². The number of rotatable bonds is 9. The Labute approximate surface area is 200 Å². The lowest BCUT2D eigenvalue weighted by Crippen LogP contribution is -2.24. The molecule has 34 heavy (non-hydrogen) atoms. The summed E-state index contributed by atoms with van der Waals surface area (Å²) in [6, 6.07) is 16.1. The van der Waals surface area contributed by atoms with Crippen molar-refractivity contribution in [1.82, 2.24) is 10.3 Å². The van der Waals surface area contributed by atoms with Crippen LogP contribution in [0.25, 0.3) is 10.6 Å². The van der Waals surface area contributed by atoms with Crippen LogP contribution in [0.15, 0.2) is 70.7 Å². The number of ether oxygens (including phenoxy) is 2. The predicted octanol–water partition coefficient (Wildman–Crippen LogP) is 4.53. The quantitative estimate of drug-likeness (QED) is 0.367. The number of benzene rings is 2. The number of nitrogens with zero attached hydrogens (tertiary/aromatic N) is 1. The zero-order chi connectivity index (χ0) is 23.9. The molecule has 9 heteroatoms. The molecule has 2 heterocycles. The summed E-state index contributed by atoms with van der Waals surface area (Å²) in [5.74, 6) is 1.07. The number of anilines is 1. The van der Waals surface area contributed by atoms with Gasteiger partial charge >= 0.3 is 0 Å². The summed E-state index contributed by atoms with van der Waals surface area (Å²) in [6.45, 7) is 0.373. The number of thiazole rings is 1. The molecule has 2 amide bonds. The first-order valence-electron chi connectivity index (χ1n) is 10.4. The lowest BCUT2D eigenvalue weighted by atomic mass is 10.2. The Morgan fingerprint density at radius 3 is 2.53 bits per heavy atom. The van der Waals surface area contributed by atoms with Crippen LogP contribution in [0.3, 0.4) is 0 Å². The van der Waals surface area contributed by atoms with Crippen molar-refractivity contribution >= 4 is 28.8 Å². The van der Waals surface area contributed by atoms with Gasteiger partial charge in [0.15, 0.2) is 17.3 Å². The molecule has 0 saturated carbocycles. The fraction of sp³-hybridized carbons (Fsp3) is 0.160. The van der Waals surface area contributed by atoms with Gasteiger partial charge in [0.1, 0.15) is 5.01 Å². The predicted molar refractivity (Wildman–Crippen MR) is 129 cm³/mol. The highest BCUT2D eigenvalue weighted by molar-refractivity contribution is 7.13. The number of hydrogen-bond acceptors (Lipinski definition) is 7. The molecule has 0 fully saturated rings. The van der Waals surface area contributed by atoms with Crippen molar-refractivity contribution in [3.8, 4) is 22.1 Å². The zero-order valence-electron chi connectivity index (χ0n) is 18.7. The first-order chi connectivity index (χ1) is 16.6. The lowest BCUT2D eigenvalue weighted by Gasteiger charge is -2.08. The molecule has 2 N–H and O–H groups in total. The van der Waals surface area contributed by atoms with E-state index >= 15 is 0 Å². The maximum absolute atomic E-state index is 12.4. The average Bonchev–Trinajstić information content (AvgIpc) is 3.56. The van der Waals surface area contributed by atoms with Crippen LogP contribution in [0, 0.1) is 0 Å². The average molecular weight is 478 g/mol. The van der Waals surface area contributed by atoms with E-state index in [0.29, 0.717) is 29.4 Å². The fourth-order valence-electron chi connectivity index (χ4n) is 3.22. The van der Waals surface area contributed by atoms with Crippen LogP contribution in [0.4, 0.5) is 5.69 Å². The van der Waals surface area contributed by atoms with Crippen LogP contribution in [-0.4, -0.2) is 31.0 Å². The van der Waals surface area contributed by atoms with E-state index in [1.807, 2.05) is 35.7 Å². The molecule has 4 aromatic rings. The standard InChI is InChI=1S/C25H23N3O5S/c1-31-20-10-7-17(12-22(20)32-2)25-28-19(15-34-25)13-23(29)26-14-16-5-8-18(9-6-16)27-24(30)21-4-3-11-33-21/h3-12,15H,13-14H2,1-2H3,(H,26,29)(H,27,30). The van der Waals surface area contributed by atoms with Gasteiger partial charge in [-0.1, -0.05) is 12.1 Å². The molecule has 2 aromatic heterocycles. The van der Waals surface area contributed by atoms with Gasteiger partial charge in [0.2, 0.25) is 5.91 Å². The number of amides is 2. The smallest absolute Gasteiger partial charge is 0.291 e. The zero-order valence-corrected chi connectivity index (χ0v) is 19.5. The minimum atomic E-state index is -0.318. The van der Waals surface area contributed by atoms with E-state index in [4.69, 9.17) is 13.9 Å². The van der Waals surface area contributed by atoms with E-state index in [-0.39, 0.29) is 24.0 Å². The molecule has 2 aromatic carbocycles. The van der Waals surface area contributed by atoms with Gasteiger partial charge in [0, 0.05) is 23.2 Å². The lowest BCUT2D eigenvalue weighted by molar-refractivity contribution is -0.120. The van der Waals surface area contributed by atoms with Crippen LogP contribution >= 0.6 is 11.3 Å². The normalized spacial score (nSPS) is 10.5. The van der Waals surface area contributed by atoms with Crippen molar-refractivity contribution in [3.63, 3.8) is 0 Å². The number of methoxy groups -OCH3 is 2. The molecule has 0 aliphatic carbocycles. The van der Waals surface area contributed by atoms with Gasteiger partial charge in [-0.05, 0) is 48.0 Å². The van der Waals surface area contributed by atoms with Crippen LogP contribution in [0.5, 0.6) is 11.5 Å². The van der Waals surface area contributed by atoms with Crippen molar-refractivity contribution in [3.05, 3.63) is 83.3 Å². The molecule has 0 radical (unpaired) electrons. The summed E-state index contributed by atoms with van der Waals surface area (Å²) in [5.41, 5.74) is 3.15. The SMILES string of the molecule is COc1ccc(-c2nc(CC(=O)NCc3ccc(NC(=O)c4ccco4)cc3)cs2)cc1OC. The van der Waals surface area contributed by atoms with Crippen molar-refractivity contribution < 1.29 is 23.5 Å². The van der Waals surface area contributed by atoms with Crippen LogP contribution < -0.4 is 20.1 Å². The molecule has 8 nitrogen and oxygen atoms in total. The molecule has 0 bridgehead atoms. The minimum absolute atomic E-state index is 0.126. The molecule has 174 valence electrons. The Hall–Kier alpha value is -4.11. The second-order valence-corrected chi connectivity index (χ2v) is 8.15. The Bertz CT molecular complexity index is 1270. The van der Waals surface area contributed by atoms with E-state index < -0.39 is 0 Å². The van der Waals surface area contributed by atoms with E-state index in [9.17, 15) is 9.59 Å². The number of nitrogens with one attached hydrogen (secondary N) is 2. The third-order valence-electron chi connectivity index (χ3n) is 4.97. The Kier molecular flexibility index (Phi) is 7.24. The summed E-state index contributed by atoms with van der Waals surface area (Å²) >= 11 is 1.47. The fourth-order valence-corrected chi connectivity index (χ4v) is 4.04. The highest BCUT2D eigenvalue weighted by atomic mass is 32.1. The maximum Gasteiger partial charge on any atom is 0.291 e. The second kappa shape index (κ2) is 10.7. The van der Waals surface area contributed by atoms with Crippen molar-refractivity contribution in [1.29, 1.82) is 0 Å². The van der Waals surface area contributed by atoms with Gasteiger partial charge in [-0.15, -0.1) is 11.3 Å². The number of hydrogen-bond donors (Lipinski definition) is 2. The third kappa shape index (κ3) is 5.62. The van der Waals surface area contributed by atoms with Gasteiger partial charge in [-0.2, -0.15) is 0 Å². The van der Waals surface area contributed by atoms with Crippen LogP contribution in [-0.2, 0) is 17.8 Å². The molecule has 0 aliphatic heterocycles. The van der Waals surface area contributed by atoms with Crippen LogP contribution in [0.2, 0.25) is 0 Å². The first-order valence-corrected chi connectivity index (χ1v) is 11.3. The summed E-state index contributed by atoms with van der Waals surface area (Å²) in [7, 11) is 3.18. The molecule has 0 atom stereocenters. The maximum atomic E-state index is 12.4. The molecule has 0 spiro atoms. The van der Waals surface area contributed by atoms with Gasteiger partial charge in [0.25, 0.3) is 5.91 Å². The molecular weight excluding hydrogens is 454 g/mol. The topological polar surface area (TPSA) is 103 Å².